The number of carbonyl (C=O) groups excluding carboxylic acids is 1. The third kappa shape index (κ3) is 1.56. The van der Waals surface area contributed by atoms with Crippen LogP contribution in [-0.4, -0.2) is 18.5 Å². The van der Waals surface area contributed by atoms with Crippen molar-refractivity contribution < 1.29 is 4.79 Å². The van der Waals surface area contributed by atoms with Gasteiger partial charge in [-0.3, -0.25) is 4.79 Å². The van der Waals surface area contributed by atoms with Crippen LogP contribution in [0.1, 0.15) is 6.92 Å². The molecule has 0 aromatic carbocycles. The maximum Gasteiger partial charge on any atom is 0.237 e. The summed E-state index contributed by atoms with van der Waals surface area (Å²) in [4.78, 5) is 10.5. The molecule has 1 aliphatic heterocycles. The summed E-state index contributed by atoms with van der Waals surface area (Å²) in [5.74, 6) is 0.292. The zero-order valence-electron chi connectivity index (χ0n) is 5.26. The quantitative estimate of drug-likeness (QED) is 0.489. The lowest BCUT2D eigenvalue weighted by Gasteiger charge is -2.01. The summed E-state index contributed by atoms with van der Waals surface area (Å²) in [5.41, 5.74) is 5.41. The van der Waals surface area contributed by atoms with Crippen molar-refractivity contribution in [1.29, 1.82) is 0 Å². The molecule has 3 N–H and O–H groups in total. The lowest BCUT2D eigenvalue weighted by atomic mass is 10.1. The highest BCUT2D eigenvalue weighted by atomic mass is 35.5. The first kappa shape index (κ1) is 8.72. The molecule has 1 amide bonds. The van der Waals surface area contributed by atoms with Crippen LogP contribution in [0.25, 0.3) is 0 Å². The van der Waals surface area contributed by atoms with E-state index in [1.807, 2.05) is 6.92 Å². The smallest absolute Gasteiger partial charge is 0.237 e. The molecule has 2 unspecified atom stereocenters. The number of hydrogen-bond acceptors (Lipinski definition) is 2. The Morgan fingerprint density at radius 3 is 2.44 bits per heavy atom. The summed E-state index contributed by atoms with van der Waals surface area (Å²) >= 11 is 0. The molecule has 1 aliphatic rings. The van der Waals surface area contributed by atoms with Gasteiger partial charge in [0.15, 0.2) is 0 Å². The summed E-state index contributed by atoms with van der Waals surface area (Å²) in [7, 11) is 0. The SMILES string of the molecule is CC1CNC(=O)C1N.Cl. The molecule has 9 heavy (non-hydrogen) atoms. The minimum atomic E-state index is -0.269. The molecule has 3 nitrogen and oxygen atoms in total. The largest absolute Gasteiger partial charge is 0.354 e. The zero-order chi connectivity index (χ0) is 6.15. The first-order valence-electron chi connectivity index (χ1n) is 2.75. The van der Waals surface area contributed by atoms with E-state index in [9.17, 15) is 4.79 Å². The topological polar surface area (TPSA) is 55.1 Å². The second kappa shape index (κ2) is 3.03. The van der Waals surface area contributed by atoms with Crippen LogP contribution in [0.2, 0.25) is 0 Å². The zero-order valence-corrected chi connectivity index (χ0v) is 6.07. The molecule has 54 valence electrons. The maximum atomic E-state index is 10.5. The highest BCUT2D eigenvalue weighted by Gasteiger charge is 2.26. The number of amides is 1. The van der Waals surface area contributed by atoms with E-state index in [4.69, 9.17) is 5.73 Å². The Hall–Kier alpha value is -0.280. The number of nitrogens with one attached hydrogen (secondary N) is 1. The van der Waals surface area contributed by atoms with Crippen molar-refractivity contribution in [2.45, 2.75) is 13.0 Å². The maximum absolute atomic E-state index is 10.5. The number of carbonyl (C=O) groups is 1. The van der Waals surface area contributed by atoms with Gasteiger partial charge in [0.05, 0.1) is 6.04 Å². The molecule has 1 saturated heterocycles. The van der Waals surface area contributed by atoms with E-state index < -0.39 is 0 Å². The van der Waals surface area contributed by atoms with Crippen molar-refractivity contribution in [3.05, 3.63) is 0 Å². The fourth-order valence-electron chi connectivity index (χ4n) is 0.765. The Labute approximate surface area is 60.4 Å². The molecule has 0 saturated carbocycles. The summed E-state index contributed by atoms with van der Waals surface area (Å²) in [6.45, 7) is 2.70. The fourth-order valence-corrected chi connectivity index (χ4v) is 0.765. The molecule has 0 radical (unpaired) electrons. The first-order chi connectivity index (χ1) is 3.72. The van der Waals surface area contributed by atoms with Gasteiger partial charge in [-0.15, -0.1) is 12.4 Å². The number of hydrogen-bond donors (Lipinski definition) is 2. The van der Waals surface area contributed by atoms with E-state index >= 15 is 0 Å². The Balaban J connectivity index is 0.000000640. The molecule has 4 heteroatoms. The van der Waals surface area contributed by atoms with Crippen LogP contribution in [0.3, 0.4) is 0 Å². The molecule has 1 rings (SSSR count). The van der Waals surface area contributed by atoms with E-state index in [1.165, 1.54) is 0 Å². The van der Waals surface area contributed by atoms with Gasteiger partial charge in [-0.25, -0.2) is 0 Å². The third-order valence-corrected chi connectivity index (χ3v) is 1.51. The minimum absolute atomic E-state index is 0. The lowest BCUT2D eigenvalue weighted by Crippen LogP contribution is -2.32. The predicted molar refractivity (Wildman–Crippen MR) is 37.4 cm³/mol. The van der Waals surface area contributed by atoms with Crippen LogP contribution >= 0.6 is 12.4 Å². The second-order valence-corrected chi connectivity index (χ2v) is 2.25. The van der Waals surface area contributed by atoms with Crippen molar-refractivity contribution in [2.24, 2.45) is 11.7 Å². The molecule has 0 spiro atoms. The molecular formula is C5H11ClN2O. The standard InChI is InChI=1S/C5H10N2O.ClH/c1-3-2-7-5(8)4(3)6;/h3-4H,2,6H2,1H3,(H,7,8);1H. The van der Waals surface area contributed by atoms with Crippen molar-refractivity contribution >= 4 is 18.3 Å². The molecule has 1 heterocycles. The Kier molecular flexibility index (Phi) is 2.94. The number of rotatable bonds is 0. The average molecular weight is 151 g/mol. The summed E-state index contributed by atoms with van der Waals surface area (Å²) in [5, 5.41) is 2.66. The van der Waals surface area contributed by atoms with Gasteiger partial charge in [-0.2, -0.15) is 0 Å². The monoisotopic (exact) mass is 150 g/mol. The highest BCUT2D eigenvalue weighted by molar-refractivity contribution is 5.85. The average Bonchev–Trinajstić information content (AvgIpc) is 1.98. The molecule has 0 aliphatic carbocycles. The molecule has 0 bridgehead atoms. The Morgan fingerprint density at radius 2 is 2.33 bits per heavy atom. The van der Waals surface area contributed by atoms with Crippen LogP contribution in [0.5, 0.6) is 0 Å². The van der Waals surface area contributed by atoms with E-state index in [2.05, 4.69) is 5.32 Å². The van der Waals surface area contributed by atoms with Crippen molar-refractivity contribution in [2.75, 3.05) is 6.54 Å². The number of nitrogens with two attached hydrogens (primary N) is 1. The molecular weight excluding hydrogens is 140 g/mol. The summed E-state index contributed by atoms with van der Waals surface area (Å²) in [6.07, 6.45) is 0. The Morgan fingerprint density at radius 1 is 1.78 bits per heavy atom. The predicted octanol–water partition coefficient (Wildman–Crippen LogP) is -0.499. The van der Waals surface area contributed by atoms with Crippen LogP contribution < -0.4 is 11.1 Å². The summed E-state index contributed by atoms with van der Waals surface area (Å²) < 4.78 is 0. The normalized spacial score (nSPS) is 33.3. The molecule has 2 atom stereocenters. The van der Waals surface area contributed by atoms with Gasteiger partial charge in [0.1, 0.15) is 0 Å². The van der Waals surface area contributed by atoms with Crippen LogP contribution in [0, 0.1) is 5.92 Å². The molecule has 0 aromatic heterocycles. The van der Waals surface area contributed by atoms with E-state index in [-0.39, 0.29) is 24.4 Å². The van der Waals surface area contributed by atoms with Gasteiger partial charge in [-0.05, 0) is 5.92 Å². The van der Waals surface area contributed by atoms with Gasteiger partial charge in [0, 0.05) is 6.54 Å². The van der Waals surface area contributed by atoms with Crippen LogP contribution in [0.15, 0.2) is 0 Å². The number of halogens is 1. The minimum Gasteiger partial charge on any atom is -0.354 e. The van der Waals surface area contributed by atoms with Crippen LogP contribution in [-0.2, 0) is 4.79 Å². The van der Waals surface area contributed by atoms with Crippen molar-refractivity contribution in [3.8, 4) is 0 Å². The highest BCUT2D eigenvalue weighted by Crippen LogP contribution is 2.04. The van der Waals surface area contributed by atoms with E-state index in [0.29, 0.717) is 5.92 Å². The fraction of sp³-hybridized carbons (Fsp3) is 0.800. The van der Waals surface area contributed by atoms with E-state index in [1.54, 1.807) is 0 Å². The first-order valence-corrected chi connectivity index (χ1v) is 2.75. The van der Waals surface area contributed by atoms with E-state index in [0.717, 1.165) is 6.54 Å². The Bertz CT molecular complexity index is 118. The van der Waals surface area contributed by atoms with Gasteiger partial charge in [-0.1, -0.05) is 6.92 Å². The van der Waals surface area contributed by atoms with Crippen LogP contribution in [0.4, 0.5) is 0 Å². The second-order valence-electron chi connectivity index (χ2n) is 2.25. The third-order valence-electron chi connectivity index (χ3n) is 1.51. The van der Waals surface area contributed by atoms with Gasteiger partial charge in [0.25, 0.3) is 0 Å². The van der Waals surface area contributed by atoms with Crippen molar-refractivity contribution in [1.82, 2.24) is 5.32 Å². The summed E-state index contributed by atoms with van der Waals surface area (Å²) in [6, 6.07) is -0.269. The van der Waals surface area contributed by atoms with Gasteiger partial charge < -0.3 is 11.1 Å². The van der Waals surface area contributed by atoms with Gasteiger partial charge in [0.2, 0.25) is 5.91 Å². The lowest BCUT2D eigenvalue weighted by molar-refractivity contribution is -0.120. The molecule has 1 fully saturated rings. The molecule has 0 aromatic rings. The van der Waals surface area contributed by atoms with Crippen molar-refractivity contribution in [3.63, 3.8) is 0 Å². The van der Waals surface area contributed by atoms with Gasteiger partial charge >= 0.3 is 0 Å².